The minimum absolute atomic E-state index is 0.0187. The molecule has 136 valence electrons. The molecule has 26 heavy (non-hydrogen) atoms. The summed E-state index contributed by atoms with van der Waals surface area (Å²) >= 11 is 0. The van der Waals surface area contributed by atoms with Crippen molar-refractivity contribution in [2.75, 3.05) is 0 Å². The molecule has 0 aliphatic carbocycles. The van der Waals surface area contributed by atoms with Crippen LogP contribution in [0.3, 0.4) is 0 Å². The zero-order valence-electron chi connectivity index (χ0n) is 12.6. The van der Waals surface area contributed by atoms with E-state index in [1.807, 2.05) is 0 Å². The van der Waals surface area contributed by atoms with Crippen molar-refractivity contribution in [3.8, 4) is 40.1 Å². The van der Waals surface area contributed by atoms with E-state index in [-0.39, 0.29) is 5.56 Å². The Hall–Kier alpha value is -3.20. The van der Waals surface area contributed by atoms with Gasteiger partial charge in [-0.1, -0.05) is 0 Å². The largest absolute Gasteiger partial charge is 0.507 e. The van der Waals surface area contributed by atoms with Crippen molar-refractivity contribution < 1.29 is 44.3 Å². The number of phenols is 4. The van der Waals surface area contributed by atoms with E-state index in [4.69, 9.17) is 4.42 Å². The van der Waals surface area contributed by atoms with Crippen molar-refractivity contribution in [3.05, 3.63) is 34.5 Å². The molecule has 0 fully saturated rings. The summed E-state index contributed by atoms with van der Waals surface area (Å²) in [5.74, 6) is -4.74. The van der Waals surface area contributed by atoms with Crippen LogP contribution in [0, 0.1) is 0 Å². The molecule has 7 N–H and O–H groups in total. The van der Waals surface area contributed by atoms with E-state index < -0.39 is 63.8 Å². The number of fused-ring (bicyclic) bond motifs is 1. The number of phenolic OH excluding ortho intramolecular Hbond substituents is 4. The molecular formula is C15H11O10P. The van der Waals surface area contributed by atoms with E-state index in [1.165, 1.54) is 6.07 Å². The summed E-state index contributed by atoms with van der Waals surface area (Å²) in [5, 5.41) is 46.8. The van der Waals surface area contributed by atoms with Gasteiger partial charge in [0.05, 0.1) is 0 Å². The van der Waals surface area contributed by atoms with Crippen LogP contribution in [0.25, 0.3) is 22.3 Å². The summed E-state index contributed by atoms with van der Waals surface area (Å²) in [6, 6.07) is 3.97. The highest BCUT2D eigenvalue weighted by Crippen LogP contribution is 2.44. The lowest BCUT2D eigenvalue weighted by Crippen LogP contribution is -2.11. The highest BCUT2D eigenvalue weighted by Gasteiger charge is 2.31. The topological polar surface area (TPSA) is 189 Å². The van der Waals surface area contributed by atoms with Crippen LogP contribution in [0.4, 0.5) is 0 Å². The number of hydrogen-bond acceptors (Lipinski definition) is 8. The number of hydrogen-bond donors (Lipinski definition) is 7. The molecule has 3 rings (SSSR count). The maximum absolute atomic E-state index is 12.4. The third kappa shape index (κ3) is 2.62. The highest BCUT2D eigenvalue weighted by molar-refractivity contribution is 7.60. The molecule has 0 aliphatic rings. The van der Waals surface area contributed by atoms with Crippen LogP contribution < -0.4 is 10.7 Å². The molecule has 3 aromatic rings. The highest BCUT2D eigenvalue weighted by atomic mass is 31.2. The molecule has 2 aromatic carbocycles. The minimum Gasteiger partial charge on any atom is -0.507 e. The SMILES string of the molecule is O=c1c(O)c(-c2ccc(O)c(O)c2)oc2cc(O)c(P(=O)(O)O)c(O)c12. The summed E-state index contributed by atoms with van der Waals surface area (Å²) in [5.41, 5.74) is -1.71. The molecule has 0 atom stereocenters. The summed E-state index contributed by atoms with van der Waals surface area (Å²) in [6.07, 6.45) is 0. The molecule has 0 unspecified atom stereocenters. The van der Waals surface area contributed by atoms with Gasteiger partial charge in [-0.15, -0.1) is 0 Å². The van der Waals surface area contributed by atoms with Gasteiger partial charge in [-0.3, -0.25) is 9.36 Å². The first-order valence-electron chi connectivity index (χ1n) is 6.85. The third-order valence-corrected chi connectivity index (χ3v) is 4.64. The summed E-state index contributed by atoms with van der Waals surface area (Å²) in [4.78, 5) is 30.8. The van der Waals surface area contributed by atoms with Gasteiger partial charge in [-0.25, -0.2) is 0 Å². The van der Waals surface area contributed by atoms with Gasteiger partial charge >= 0.3 is 7.60 Å². The van der Waals surface area contributed by atoms with Gasteiger partial charge in [0.15, 0.2) is 17.3 Å². The first kappa shape index (κ1) is 17.6. The summed E-state index contributed by atoms with van der Waals surface area (Å²) in [7, 11) is -5.14. The monoisotopic (exact) mass is 382 g/mol. The van der Waals surface area contributed by atoms with Crippen molar-refractivity contribution in [2.45, 2.75) is 0 Å². The van der Waals surface area contributed by atoms with Gasteiger partial charge < -0.3 is 39.7 Å². The minimum atomic E-state index is -5.14. The number of rotatable bonds is 2. The summed E-state index contributed by atoms with van der Waals surface area (Å²) in [6.45, 7) is 0. The molecule has 11 heteroatoms. The molecule has 0 bridgehead atoms. The fourth-order valence-corrected chi connectivity index (χ4v) is 3.20. The first-order valence-corrected chi connectivity index (χ1v) is 8.46. The molecular weight excluding hydrogens is 371 g/mol. The number of benzene rings is 2. The smallest absolute Gasteiger partial charge is 0.363 e. The number of aromatic hydroxyl groups is 5. The Balaban J connectivity index is 2.41. The molecule has 0 aliphatic heterocycles. The average molecular weight is 382 g/mol. The Morgan fingerprint density at radius 1 is 0.846 bits per heavy atom. The molecule has 0 spiro atoms. The van der Waals surface area contributed by atoms with E-state index >= 15 is 0 Å². The van der Waals surface area contributed by atoms with Crippen molar-refractivity contribution in [3.63, 3.8) is 0 Å². The zero-order chi connectivity index (χ0) is 19.4. The van der Waals surface area contributed by atoms with Crippen LogP contribution in [0.1, 0.15) is 0 Å². The van der Waals surface area contributed by atoms with Crippen molar-refractivity contribution in [2.24, 2.45) is 0 Å². The van der Waals surface area contributed by atoms with E-state index in [0.29, 0.717) is 6.07 Å². The third-order valence-electron chi connectivity index (χ3n) is 3.62. The van der Waals surface area contributed by atoms with Crippen LogP contribution in [0.5, 0.6) is 28.7 Å². The van der Waals surface area contributed by atoms with Crippen LogP contribution in [-0.4, -0.2) is 35.3 Å². The van der Waals surface area contributed by atoms with Crippen molar-refractivity contribution in [1.29, 1.82) is 0 Å². The van der Waals surface area contributed by atoms with Crippen LogP contribution >= 0.6 is 7.60 Å². The molecule has 10 nitrogen and oxygen atoms in total. The fraction of sp³-hybridized carbons (Fsp3) is 0. The van der Waals surface area contributed by atoms with Crippen molar-refractivity contribution in [1.82, 2.24) is 0 Å². The van der Waals surface area contributed by atoms with Crippen LogP contribution in [-0.2, 0) is 4.57 Å². The van der Waals surface area contributed by atoms with Gasteiger partial charge in [0.2, 0.25) is 11.2 Å². The molecule has 0 radical (unpaired) electrons. The maximum Gasteiger partial charge on any atom is 0.363 e. The van der Waals surface area contributed by atoms with Crippen LogP contribution in [0.2, 0.25) is 0 Å². The normalized spacial score (nSPS) is 11.8. The van der Waals surface area contributed by atoms with Gasteiger partial charge in [-0.2, -0.15) is 0 Å². The molecule has 0 saturated carbocycles. The predicted octanol–water partition coefficient (Wildman–Crippen LogP) is 0.791. The standard InChI is InChI=1S/C15H11O10P/c16-6-2-1-5(3-7(6)17)14-13(21)11(19)10-9(25-14)4-8(18)15(12(10)20)26(22,23)24/h1-4,16-18,20-21H,(H2,22,23,24). The van der Waals surface area contributed by atoms with Gasteiger partial charge in [-0.05, 0) is 18.2 Å². The second-order valence-corrected chi connectivity index (χ2v) is 6.86. The Bertz CT molecular complexity index is 1160. The summed E-state index contributed by atoms with van der Waals surface area (Å²) < 4.78 is 16.7. The second-order valence-electron chi connectivity index (χ2n) is 5.32. The van der Waals surface area contributed by atoms with Gasteiger partial charge in [0.25, 0.3) is 0 Å². The lowest BCUT2D eigenvalue weighted by molar-refractivity contribution is 0.381. The quantitative estimate of drug-likeness (QED) is 0.246. The van der Waals surface area contributed by atoms with Gasteiger partial charge in [0.1, 0.15) is 27.8 Å². The molecule has 1 heterocycles. The Morgan fingerprint density at radius 3 is 2.08 bits per heavy atom. The Morgan fingerprint density at radius 2 is 1.50 bits per heavy atom. The second kappa shape index (κ2) is 5.67. The Kier molecular flexibility index (Phi) is 3.84. The van der Waals surface area contributed by atoms with Gasteiger partial charge in [0, 0.05) is 11.6 Å². The average Bonchev–Trinajstić information content (AvgIpc) is 2.51. The first-order chi connectivity index (χ1) is 12.0. The van der Waals surface area contributed by atoms with Crippen molar-refractivity contribution >= 4 is 23.9 Å². The molecule has 1 aromatic heterocycles. The lowest BCUT2D eigenvalue weighted by atomic mass is 10.1. The molecule has 0 amide bonds. The van der Waals surface area contributed by atoms with Crippen LogP contribution in [0.15, 0.2) is 33.5 Å². The molecule has 0 saturated heterocycles. The van der Waals surface area contributed by atoms with E-state index in [1.54, 1.807) is 0 Å². The zero-order valence-corrected chi connectivity index (χ0v) is 13.5. The maximum atomic E-state index is 12.4. The van der Waals surface area contributed by atoms with E-state index in [9.17, 15) is 44.7 Å². The Labute approximate surface area is 143 Å². The predicted molar refractivity (Wildman–Crippen MR) is 87.9 cm³/mol. The van der Waals surface area contributed by atoms with E-state index in [2.05, 4.69) is 0 Å². The van der Waals surface area contributed by atoms with E-state index in [0.717, 1.165) is 12.1 Å². The lowest BCUT2D eigenvalue weighted by Gasteiger charge is -2.12. The fourth-order valence-electron chi connectivity index (χ4n) is 2.45.